The van der Waals surface area contributed by atoms with Crippen molar-refractivity contribution in [2.45, 2.75) is 50.1 Å². The molecule has 3 aliphatic rings. The third-order valence-electron chi connectivity index (χ3n) is 7.26. The number of carbonyl (C=O) groups is 2. The third kappa shape index (κ3) is 6.55. The van der Waals surface area contributed by atoms with Crippen LogP contribution in [0.15, 0.2) is 41.8 Å². The Morgan fingerprint density at radius 3 is 2.74 bits per heavy atom. The van der Waals surface area contributed by atoms with E-state index in [0.717, 1.165) is 6.26 Å². The lowest BCUT2D eigenvalue weighted by Gasteiger charge is -2.41. The van der Waals surface area contributed by atoms with Crippen LogP contribution in [0.3, 0.4) is 0 Å². The number of sulfonamides is 1. The van der Waals surface area contributed by atoms with Gasteiger partial charge in [-0.15, -0.1) is 11.3 Å². The maximum atomic E-state index is 13.8. The maximum Gasteiger partial charge on any atom is 0.258 e. The van der Waals surface area contributed by atoms with Crippen molar-refractivity contribution >= 4 is 33.2 Å². The average molecular weight is 563 g/mol. The van der Waals surface area contributed by atoms with Gasteiger partial charge in [0, 0.05) is 50.1 Å². The molecule has 1 aromatic heterocycles. The van der Waals surface area contributed by atoms with Crippen molar-refractivity contribution in [3.8, 4) is 5.75 Å². The third-order valence-corrected chi connectivity index (χ3v) is 8.85. The van der Waals surface area contributed by atoms with Crippen molar-refractivity contribution in [2.75, 3.05) is 39.0 Å². The second kappa shape index (κ2) is 11.7. The molecular formula is C26H34N4O6S2. The Balaban J connectivity index is 1.42. The molecule has 0 radical (unpaired) electrons. The van der Waals surface area contributed by atoms with E-state index in [2.05, 4.69) is 21.0 Å². The van der Waals surface area contributed by atoms with Crippen LogP contribution in [0.1, 0.15) is 34.5 Å². The number of para-hydroxylation sites is 1. The number of ether oxygens (including phenoxy) is 2. The van der Waals surface area contributed by atoms with Crippen LogP contribution in [-0.2, 0) is 26.1 Å². The van der Waals surface area contributed by atoms with E-state index in [1.165, 1.54) is 4.88 Å². The van der Waals surface area contributed by atoms with Crippen LogP contribution < -0.4 is 14.8 Å². The van der Waals surface area contributed by atoms with Gasteiger partial charge in [-0.05, 0) is 36.4 Å². The highest BCUT2D eigenvalue weighted by Crippen LogP contribution is 2.27. The van der Waals surface area contributed by atoms with Crippen LogP contribution in [0, 0.1) is 0 Å². The standard InChI is InChI=1S/C26H34N4O6S2/c1-38(33,34)28-21-9-8-18-10-13-35-23-7-3-2-6-20(23)26(32)30-12-11-29(16-19-5-4-14-37-19)17-22(30)25(31)27-15-24(21)36-18/h2-7,14,18,21-22,24,28H,8-13,15-17H2,1H3,(H,27,31)/t18-,21+,22-,24+/m0/s1. The lowest BCUT2D eigenvalue weighted by Crippen LogP contribution is -2.61. The van der Waals surface area contributed by atoms with Gasteiger partial charge in [0.25, 0.3) is 5.91 Å². The molecule has 0 spiro atoms. The second-order valence-corrected chi connectivity index (χ2v) is 12.9. The average Bonchev–Trinajstić information content (AvgIpc) is 3.40. The summed E-state index contributed by atoms with van der Waals surface area (Å²) in [6, 6.07) is 10.0. The molecule has 1 aromatic carbocycles. The topological polar surface area (TPSA) is 117 Å². The minimum absolute atomic E-state index is 0.142. The maximum absolute atomic E-state index is 13.8. The number of piperazine rings is 1. The van der Waals surface area contributed by atoms with Gasteiger partial charge in [-0.1, -0.05) is 18.2 Å². The summed E-state index contributed by atoms with van der Waals surface area (Å²) in [4.78, 5) is 32.4. The molecule has 2 amide bonds. The van der Waals surface area contributed by atoms with E-state index in [1.54, 1.807) is 34.4 Å². The Labute approximate surface area is 227 Å². The number of nitrogens with zero attached hydrogens (tertiary/aromatic N) is 2. The van der Waals surface area contributed by atoms with Crippen LogP contribution in [-0.4, -0.2) is 93.4 Å². The van der Waals surface area contributed by atoms with Crippen molar-refractivity contribution in [3.05, 3.63) is 52.2 Å². The molecule has 0 unspecified atom stereocenters. The predicted molar refractivity (Wildman–Crippen MR) is 144 cm³/mol. The minimum Gasteiger partial charge on any atom is -0.493 e. The van der Waals surface area contributed by atoms with E-state index < -0.39 is 28.2 Å². The lowest BCUT2D eigenvalue weighted by molar-refractivity contribution is -0.130. The molecule has 5 rings (SSSR count). The van der Waals surface area contributed by atoms with Gasteiger partial charge in [0.1, 0.15) is 11.8 Å². The molecule has 4 heterocycles. The van der Waals surface area contributed by atoms with Gasteiger partial charge in [0.2, 0.25) is 15.9 Å². The number of hydrogen-bond acceptors (Lipinski definition) is 8. The van der Waals surface area contributed by atoms with Crippen molar-refractivity contribution < 1.29 is 27.5 Å². The smallest absolute Gasteiger partial charge is 0.258 e. The summed E-state index contributed by atoms with van der Waals surface area (Å²) in [7, 11) is -3.45. The van der Waals surface area contributed by atoms with Gasteiger partial charge in [-0.2, -0.15) is 0 Å². The quantitative estimate of drug-likeness (QED) is 0.579. The first-order valence-corrected chi connectivity index (χ1v) is 15.7. The Hall–Kier alpha value is -2.51. The molecule has 12 heteroatoms. The summed E-state index contributed by atoms with van der Waals surface area (Å²) in [5.74, 6) is -0.0334. The van der Waals surface area contributed by atoms with Gasteiger partial charge < -0.3 is 19.7 Å². The number of rotatable bonds is 4. The number of amides is 2. The first kappa shape index (κ1) is 27.1. The van der Waals surface area contributed by atoms with Crippen molar-refractivity contribution in [3.63, 3.8) is 0 Å². The molecule has 206 valence electrons. The van der Waals surface area contributed by atoms with Crippen LogP contribution in [0.2, 0.25) is 0 Å². The Morgan fingerprint density at radius 1 is 1.11 bits per heavy atom. The first-order valence-electron chi connectivity index (χ1n) is 12.9. The molecular weight excluding hydrogens is 528 g/mol. The molecule has 2 aromatic rings. The number of fused-ring (bicyclic) bond motifs is 4. The number of thiophene rings is 1. The molecule has 2 bridgehead atoms. The Kier molecular flexibility index (Phi) is 8.34. The predicted octanol–water partition coefficient (Wildman–Crippen LogP) is 1.44. The van der Waals surface area contributed by atoms with Crippen molar-refractivity contribution in [2.24, 2.45) is 0 Å². The Bertz CT molecular complexity index is 1240. The van der Waals surface area contributed by atoms with Crippen molar-refractivity contribution in [1.82, 2.24) is 19.8 Å². The number of benzene rings is 1. The normalized spacial score (nSPS) is 27.4. The van der Waals surface area contributed by atoms with Gasteiger partial charge in [-0.25, -0.2) is 13.1 Å². The van der Waals surface area contributed by atoms with Gasteiger partial charge in [0.05, 0.1) is 30.6 Å². The fourth-order valence-corrected chi connectivity index (χ4v) is 6.96. The first-order chi connectivity index (χ1) is 18.3. The molecule has 10 nitrogen and oxygen atoms in total. The van der Waals surface area contributed by atoms with Gasteiger partial charge in [-0.3, -0.25) is 14.5 Å². The SMILES string of the molecule is CS(=O)(=O)N[C@@H]1CC[C@H]2CCOc3ccccc3C(=O)N3CCN(Cc4cccs4)C[C@H]3C(=O)NC[C@H]1O2. The largest absolute Gasteiger partial charge is 0.493 e. The Morgan fingerprint density at radius 2 is 1.95 bits per heavy atom. The van der Waals surface area contributed by atoms with Gasteiger partial charge >= 0.3 is 0 Å². The van der Waals surface area contributed by atoms with E-state index in [9.17, 15) is 18.0 Å². The van der Waals surface area contributed by atoms with Crippen LogP contribution in [0.5, 0.6) is 5.75 Å². The molecule has 38 heavy (non-hydrogen) atoms. The van der Waals surface area contributed by atoms with Gasteiger partial charge in [0.15, 0.2) is 0 Å². The van der Waals surface area contributed by atoms with Crippen LogP contribution >= 0.6 is 11.3 Å². The summed E-state index contributed by atoms with van der Waals surface area (Å²) in [5, 5.41) is 5.01. The summed E-state index contributed by atoms with van der Waals surface area (Å²) in [5.41, 5.74) is 0.439. The number of hydrogen-bond donors (Lipinski definition) is 2. The van der Waals surface area contributed by atoms with E-state index >= 15 is 0 Å². The highest BCUT2D eigenvalue weighted by molar-refractivity contribution is 7.88. The van der Waals surface area contributed by atoms with E-state index in [-0.39, 0.29) is 24.5 Å². The molecule has 0 saturated carbocycles. The lowest BCUT2D eigenvalue weighted by atomic mass is 9.97. The number of nitrogens with one attached hydrogen (secondary N) is 2. The summed E-state index contributed by atoms with van der Waals surface area (Å²) in [6.45, 7) is 2.63. The summed E-state index contributed by atoms with van der Waals surface area (Å²) >= 11 is 1.66. The minimum atomic E-state index is -3.45. The molecule has 3 aliphatic heterocycles. The van der Waals surface area contributed by atoms with Crippen LogP contribution in [0.4, 0.5) is 0 Å². The zero-order valence-corrected chi connectivity index (χ0v) is 23.0. The molecule has 2 saturated heterocycles. The fraction of sp³-hybridized carbons (Fsp3) is 0.538. The van der Waals surface area contributed by atoms with Crippen LogP contribution in [0.25, 0.3) is 0 Å². The zero-order chi connectivity index (χ0) is 26.7. The monoisotopic (exact) mass is 562 g/mol. The van der Waals surface area contributed by atoms with E-state index in [1.807, 2.05) is 17.5 Å². The highest BCUT2D eigenvalue weighted by Gasteiger charge is 2.39. The van der Waals surface area contributed by atoms with E-state index in [0.29, 0.717) is 63.4 Å². The molecule has 2 fully saturated rings. The molecule has 0 aliphatic carbocycles. The second-order valence-electron chi connectivity index (χ2n) is 10.1. The van der Waals surface area contributed by atoms with E-state index in [4.69, 9.17) is 9.47 Å². The highest BCUT2D eigenvalue weighted by atomic mass is 32.2. The summed E-state index contributed by atoms with van der Waals surface area (Å²) < 4.78 is 38.9. The fourth-order valence-electron chi connectivity index (χ4n) is 5.39. The summed E-state index contributed by atoms with van der Waals surface area (Å²) in [6.07, 6.45) is 2.29. The van der Waals surface area contributed by atoms with Crippen molar-refractivity contribution in [1.29, 1.82) is 0 Å². The zero-order valence-electron chi connectivity index (χ0n) is 21.4. The molecule has 4 atom stereocenters. The molecule has 2 N–H and O–H groups in total. The number of carbonyl (C=O) groups excluding carboxylic acids is 2.